The van der Waals surface area contributed by atoms with Crippen molar-refractivity contribution in [2.75, 3.05) is 11.1 Å². The number of aryl methyl sites for hydroxylation is 1. The molecule has 1 aliphatic heterocycles. The van der Waals surface area contributed by atoms with Gasteiger partial charge >= 0.3 is 5.97 Å². The molecule has 2 rings (SSSR count). The number of amides is 2. The average molecular weight is 308 g/mol. The van der Waals surface area contributed by atoms with Crippen LogP contribution < -0.4 is 10.6 Å². The number of thiol groups is 1. The second-order valence-electron chi connectivity index (χ2n) is 4.82. The fourth-order valence-electron chi connectivity index (χ4n) is 2.14. The highest BCUT2D eigenvalue weighted by atomic mass is 32.1. The standard InChI is InChI=1S/C14H16N2O4S/c17-12-3-1-2-8-6-9(4-5-10(8)15-12)13(18)16-11(7-21)14(19)20/h4-6,11,21H,1-3,7H2,(H,15,17)(H,16,18)(H,19,20). The zero-order valence-corrected chi connectivity index (χ0v) is 12.2. The Morgan fingerprint density at radius 3 is 2.81 bits per heavy atom. The van der Waals surface area contributed by atoms with Gasteiger partial charge in [0.15, 0.2) is 0 Å². The number of carbonyl (C=O) groups is 3. The number of hydrogen-bond donors (Lipinski definition) is 4. The Balaban J connectivity index is 2.18. The minimum Gasteiger partial charge on any atom is -0.480 e. The molecular formula is C14H16N2O4S. The van der Waals surface area contributed by atoms with Crippen LogP contribution in [0.3, 0.4) is 0 Å². The lowest BCUT2D eigenvalue weighted by molar-refractivity contribution is -0.138. The number of anilines is 1. The highest BCUT2D eigenvalue weighted by molar-refractivity contribution is 7.80. The summed E-state index contributed by atoms with van der Waals surface area (Å²) in [5, 5.41) is 14.1. The summed E-state index contributed by atoms with van der Waals surface area (Å²) in [6.45, 7) is 0. The first-order chi connectivity index (χ1) is 10.0. The number of rotatable bonds is 4. The minimum absolute atomic E-state index is 0.0159. The lowest BCUT2D eigenvalue weighted by atomic mass is 10.0. The first kappa shape index (κ1) is 15.4. The van der Waals surface area contributed by atoms with Gasteiger partial charge < -0.3 is 15.7 Å². The molecule has 21 heavy (non-hydrogen) atoms. The Kier molecular flexibility index (Phi) is 4.85. The van der Waals surface area contributed by atoms with Crippen molar-refractivity contribution in [3.8, 4) is 0 Å². The van der Waals surface area contributed by atoms with Gasteiger partial charge in [-0.05, 0) is 36.6 Å². The van der Waals surface area contributed by atoms with Crippen LogP contribution in [0.4, 0.5) is 5.69 Å². The van der Waals surface area contributed by atoms with Crippen LogP contribution in [0.5, 0.6) is 0 Å². The zero-order chi connectivity index (χ0) is 15.4. The highest BCUT2D eigenvalue weighted by Crippen LogP contribution is 2.23. The largest absolute Gasteiger partial charge is 0.480 e. The summed E-state index contributed by atoms with van der Waals surface area (Å²) >= 11 is 3.90. The fourth-order valence-corrected chi connectivity index (χ4v) is 2.39. The number of benzene rings is 1. The molecule has 0 radical (unpaired) electrons. The molecule has 0 spiro atoms. The molecule has 6 nitrogen and oxygen atoms in total. The maximum Gasteiger partial charge on any atom is 0.327 e. The van der Waals surface area contributed by atoms with Gasteiger partial charge in [0.05, 0.1) is 0 Å². The third-order valence-corrected chi connectivity index (χ3v) is 3.64. The number of carboxylic acids is 1. The van der Waals surface area contributed by atoms with Crippen LogP contribution in [0.2, 0.25) is 0 Å². The summed E-state index contributed by atoms with van der Waals surface area (Å²) in [6.07, 6.45) is 1.87. The minimum atomic E-state index is -1.12. The van der Waals surface area contributed by atoms with Crippen LogP contribution in [0.25, 0.3) is 0 Å². The van der Waals surface area contributed by atoms with E-state index in [0.29, 0.717) is 24.1 Å². The summed E-state index contributed by atoms with van der Waals surface area (Å²) in [4.78, 5) is 34.4. The van der Waals surface area contributed by atoms with E-state index in [1.807, 2.05) is 0 Å². The molecular weight excluding hydrogens is 292 g/mol. The van der Waals surface area contributed by atoms with E-state index in [2.05, 4.69) is 23.3 Å². The van der Waals surface area contributed by atoms with E-state index >= 15 is 0 Å². The topological polar surface area (TPSA) is 95.5 Å². The third kappa shape index (κ3) is 3.75. The molecule has 1 aromatic carbocycles. The van der Waals surface area contributed by atoms with Crippen molar-refractivity contribution in [2.45, 2.75) is 25.3 Å². The Morgan fingerprint density at radius 2 is 2.14 bits per heavy atom. The summed E-state index contributed by atoms with van der Waals surface area (Å²) in [7, 11) is 0. The molecule has 1 unspecified atom stereocenters. The van der Waals surface area contributed by atoms with E-state index in [1.165, 1.54) is 0 Å². The Hall–Kier alpha value is -2.02. The predicted molar refractivity (Wildman–Crippen MR) is 80.8 cm³/mol. The fraction of sp³-hybridized carbons (Fsp3) is 0.357. The van der Waals surface area contributed by atoms with E-state index in [4.69, 9.17) is 5.11 Å². The summed E-state index contributed by atoms with van der Waals surface area (Å²) in [5.41, 5.74) is 1.96. The van der Waals surface area contributed by atoms with Crippen LogP contribution in [-0.2, 0) is 16.0 Å². The van der Waals surface area contributed by atoms with Crippen LogP contribution in [0, 0.1) is 0 Å². The maximum atomic E-state index is 12.1. The number of nitrogens with one attached hydrogen (secondary N) is 2. The molecule has 1 aromatic rings. The second-order valence-corrected chi connectivity index (χ2v) is 5.19. The van der Waals surface area contributed by atoms with E-state index in [-0.39, 0.29) is 11.7 Å². The van der Waals surface area contributed by atoms with Crippen molar-refractivity contribution < 1.29 is 19.5 Å². The van der Waals surface area contributed by atoms with Crippen molar-refractivity contribution in [1.82, 2.24) is 5.32 Å². The molecule has 0 bridgehead atoms. The monoisotopic (exact) mass is 308 g/mol. The number of carbonyl (C=O) groups excluding carboxylic acids is 2. The molecule has 3 N–H and O–H groups in total. The van der Waals surface area contributed by atoms with E-state index in [9.17, 15) is 14.4 Å². The molecule has 1 atom stereocenters. The van der Waals surface area contributed by atoms with Crippen LogP contribution in [0.1, 0.15) is 28.8 Å². The van der Waals surface area contributed by atoms with Crippen molar-refractivity contribution in [3.63, 3.8) is 0 Å². The van der Waals surface area contributed by atoms with Gasteiger partial charge in [0.2, 0.25) is 5.91 Å². The first-order valence-corrected chi connectivity index (χ1v) is 7.22. The SMILES string of the molecule is O=C1CCCc2cc(C(=O)NC(CS)C(=O)O)ccc2N1. The van der Waals surface area contributed by atoms with Gasteiger partial charge in [-0.1, -0.05) is 0 Å². The first-order valence-electron chi connectivity index (χ1n) is 6.58. The zero-order valence-electron chi connectivity index (χ0n) is 11.3. The Morgan fingerprint density at radius 1 is 1.38 bits per heavy atom. The lowest BCUT2D eigenvalue weighted by Gasteiger charge is -2.13. The molecule has 0 fully saturated rings. The lowest BCUT2D eigenvalue weighted by Crippen LogP contribution is -2.42. The quantitative estimate of drug-likeness (QED) is 0.626. The Labute approximate surface area is 127 Å². The number of carboxylic acid groups (broad SMARTS) is 1. The van der Waals surface area contributed by atoms with Gasteiger partial charge in [0.1, 0.15) is 6.04 Å². The predicted octanol–water partition coefficient (Wildman–Crippen LogP) is 1.07. The van der Waals surface area contributed by atoms with Gasteiger partial charge in [-0.15, -0.1) is 0 Å². The van der Waals surface area contributed by atoms with Gasteiger partial charge in [-0.3, -0.25) is 9.59 Å². The van der Waals surface area contributed by atoms with Gasteiger partial charge in [0, 0.05) is 23.4 Å². The van der Waals surface area contributed by atoms with Crippen molar-refractivity contribution >= 4 is 36.1 Å². The molecule has 0 saturated carbocycles. The third-order valence-electron chi connectivity index (χ3n) is 3.28. The average Bonchev–Trinajstić information content (AvgIpc) is 2.63. The molecule has 0 saturated heterocycles. The van der Waals surface area contributed by atoms with E-state index in [1.54, 1.807) is 18.2 Å². The highest BCUT2D eigenvalue weighted by Gasteiger charge is 2.20. The summed E-state index contributed by atoms with van der Waals surface area (Å²) in [6, 6.07) is 3.90. The van der Waals surface area contributed by atoms with Crippen molar-refractivity contribution in [1.29, 1.82) is 0 Å². The van der Waals surface area contributed by atoms with Crippen molar-refractivity contribution in [3.05, 3.63) is 29.3 Å². The molecule has 112 valence electrons. The van der Waals surface area contributed by atoms with Gasteiger partial charge in [0.25, 0.3) is 5.91 Å². The molecule has 0 aromatic heterocycles. The van der Waals surface area contributed by atoms with Gasteiger partial charge in [-0.25, -0.2) is 4.79 Å². The number of fused-ring (bicyclic) bond motifs is 1. The van der Waals surface area contributed by atoms with Gasteiger partial charge in [-0.2, -0.15) is 12.6 Å². The van der Waals surface area contributed by atoms with Crippen LogP contribution in [-0.4, -0.2) is 34.7 Å². The normalized spacial score (nSPS) is 15.4. The smallest absolute Gasteiger partial charge is 0.327 e. The number of hydrogen-bond acceptors (Lipinski definition) is 4. The molecule has 1 aliphatic rings. The van der Waals surface area contributed by atoms with Crippen LogP contribution >= 0.6 is 12.6 Å². The van der Waals surface area contributed by atoms with E-state index in [0.717, 1.165) is 12.0 Å². The summed E-state index contributed by atoms with van der Waals surface area (Å²) < 4.78 is 0. The maximum absolute atomic E-state index is 12.1. The Bertz CT molecular complexity index is 588. The molecule has 2 amide bonds. The molecule has 1 heterocycles. The van der Waals surface area contributed by atoms with Crippen molar-refractivity contribution in [2.24, 2.45) is 0 Å². The molecule has 7 heteroatoms. The second kappa shape index (κ2) is 6.62. The van der Waals surface area contributed by atoms with E-state index < -0.39 is 17.9 Å². The van der Waals surface area contributed by atoms with Crippen LogP contribution in [0.15, 0.2) is 18.2 Å². The number of aliphatic carboxylic acids is 1. The molecule has 0 aliphatic carbocycles. The summed E-state index contributed by atoms with van der Waals surface area (Å²) in [5.74, 6) is -1.61.